The third-order valence-corrected chi connectivity index (χ3v) is 4.54. The van der Waals surface area contributed by atoms with Crippen molar-refractivity contribution in [1.82, 2.24) is 5.32 Å². The molecule has 6 nitrogen and oxygen atoms in total. The van der Waals surface area contributed by atoms with Crippen molar-refractivity contribution < 1.29 is 4.79 Å². The Morgan fingerprint density at radius 2 is 1.82 bits per heavy atom. The summed E-state index contributed by atoms with van der Waals surface area (Å²) in [6.07, 6.45) is 1.61. The molecule has 28 heavy (non-hydrogen) atoms. The molecule has 2 aromatic carbocycles. The van der Waals surface area contributed by atoms with E-state index in [1.54, 1.807) is 48.5 Å². The van der Waals surface area contributed by atoms with Gasteiger partial charge in [0.1, 0.15) is 5.84 Å². The summed E-state index contributed by atoms with van der Waals surface area (Å²) >= 11 is 12.1. The number of nitrogen functional groups attached to an aromatic ring is 1. The van der Waals surface area contributed by atoms with Gasteiger partial charge in [0.15, 0.2) is 0 Å². The Morgan fingerprint density at radius 3 is 2.46 bits per heavy atom. The first-order valence-electron chi connectivity index (χ1n) is 8.50. The highest BCUT2D eigenvalue weighted by atomic mass is 35.5. The minimum atomic E-state index is -0.537. The zero-order valence-corrected chi connectivity index (χ0v) is 17.4. The lowest BCUT2D eigenvalue weighted by Crippen LogP contribution is -2.34. The molecule has 0 heterocycles. The smallest absolute Gasteiger partial charge is 0.324 e. The fourth-order valence-corrected chi connectivity index (χ4v) is 2.41. The van der Waals surface area contributed by atoms with E-state index in [1.807, 2.05) is 20.8 Å². The Labute approximate surface area is 174 Å². The summed E-state index contributed by atoms with van der Waals surface area (Å²) < 4.78 is 0. The topological polar surface area (TPSA) is 106 Å². The van der Waals surface area contributed by atoms with Gasteiger partial charge in [0, 0.05) is 22.9 Å². The molecule has 0 atom stereocenters. The molecule has 0 radical (unpaired) electrons. The Kier molecular flexibility index (Phi) is 6.94. The van der Waals surface area contributed by atoms with E-state index in [9.17, 15) is 4.79 Å². The highest BCUT2D eigenvalue weighted by Gasteiger charge is 2.16. The molecule has 0 bridgehead atoms. The predicted octanol–water partition coefficient (Wildman–Crippen LogP) is 5.32. The summed E-state index contributed by atoms with van der Waals surface area (Å²) in [7, 11) is 0. The Balaban J connectivity index is 2.31. The highest BCUT2D eigenvalue weighted by Crippen LogP contribution is 2.29. The number of amides is 2. The molecule has 0 fully saturated rings. The first-order valence-corrected chi connectivity index (χ1v) is 9.26. The number of benzene rings is 2. The molecule has 0 aromatic heterocycles. The molecule has 6 N–H and O–H groups in total. The first-order chi connectivity index (χ1) is 13.1. The normalized spacial score (nSPS) is 12.6. The second-order valence-corrected chi connectivity index (χ2v) is 7.91. The predicted molar refractivity (Wildman–Crippen MR) is 118 cm³/mol. The van der Waals surface area contributed by atoms with Crippen molar-refractivity contribution in [3.05, 3.63) is 64.3 Å². The molecule has 2 aromatic rings. The van der Waals surface area contributed by atoms with E-state index in [4.69, 9.17) is 34.7 Å². The molecule has 0 aliphatic rings. The fraction of sp³-hybridized carbons (Fsp3) is 0.200. The van der Waals surface area contributed by atoms with Crippen molar-refractivity contribution in [2.24, 2.45) is 16.1 Å². The van der Waals surface area contributed by atoms with Crippen LogP contribution in [0, 0.1) is 5.41 Å². The molecule has 0 aliphatic heterocycles. The van der Waals surface area contributed by atoms with E-state index in [0.29, 0.717) is 27.8 Å². The van der Waals surface area contributed by atoms with Crippen molar-refractivity contribution in [2.45, 2.75) is 20.8 Å². The average Bonchev–Trinajstić information content (AvgIpc) is 2.58. The van der Waals surface area contributed by atoms with E-state index in [2.05, 4.69) is 15.6 Å². The second-order valence-electron chi connectivity index (χ2n) is 7.12. The third-order valence-electron chi connectivity index (χ3n) is 3.72. The van der Waals surface area contributed by atoms with Gasteiger partial charge in [0.05, 0.1) is 21.4 Å². The number of allylic oxidation sites excluding steroid dienone is 1. The van der Waals surface area contributed by atoms with Gasteiger partial charge < -0.3 is 16.8 Å². The van der Waals surface area contributed by atoms with Crippen LogP contribution in [0.5, 0.6) is 0 Å². The Morgan fingerprint density at radius 1 is 1.14 bits per heavy atom. The summed E-state index contributed by atoms with van der Waals surface area (Å²) in [4.78, 5) is 16.9. The van der Waals surface area contributed by atoms with Crippen molar-refractivity contribution in [3.63, 3.8) is 0 Å². The number of hydrogen-bond donors (Lipinski definition) is 4. The van der Waals surface area contributed by atoms with Crippen molar-refractivity contribution in [3.8, 4) is 0 Å². The lowest BCUT2D eigenvalue weighted by Gasteiger charge is -2.19. The second kappa shape index (κ2) is 8.99. The summed E-state index contributed by atoms with van der Waals surface area (Å²) in [6.45, 7) is 5.88. The number of aliphatic imine (C=N–C) groups is 1. The van der Waals surface area contributed by atoms with Crippen LogP contribution < -0.4 is 22.1 Å². The summed E-state index contributed by atoms with van der Waals surface area (Å²) in [5, 5.41) is 5.92. The van der Waals surface area contributed by atoms with Crippen LogP contribution in [0.25, 0.3) is 0 Å². The van der Waals surface area contributed by atoms with Gasteiger partial charge in [0.25, 0.3) is 0 Å². The van der Waals surface area contributed by atoms with Gasteiger partial charge in [-0.05, 0) is 30.3 Å². The van der Waals surface area contributed by atoms with Crippen molar-refractivity contribution in [1.29, 1.82) is 0 Å². The number of hydrogen-bond acceptors (Lipinski definition) is 4. The number of amidine groups is 1. The maximum Gasteiger partial charge on any atom is 0.324 e. The summed E-state index contributed by atoms with van der Waals surface area (Å²) in [5.74, 6) is 0.258. The number of anilines is 2. The van der Waals surface area contributed by atoms with Crippen LogP contribution in [0.3, 0.4) is 0 Å². The van der Waals surface area contributed by atoms with Crippen molar-refractivity contribution in [2.75, 3.05) is 11.1 Å². The largest absolute Gasteiger partial charge is 0.401 e. The van der Waals surface area contributed by atoms with Gasteiger partial charge in [-0.3, -0.25) is 5.32 Å². The quantitative estimate of drug-likeness (QED) is 0.307. The van der Waals surface area contributed by atoms with Crippen LogP contribution in [-0.4, -0.2) is 11.9 Å². The van der Waals surface area contributed by atoms with Crippen LogP contribution in [0.2, 0.25) is 10.0 Å². The number of halogens is 2. The van der Waals surface area contributed by atoms with Gasteiger partial charge in [-0.2, -0.15) is 0 Å². The number of urea groups is 1. The Hall–Kier alpha value is -2.70. The molecule has 2 rings (SSSR count). The number of carbonyl (C=O) groups excluding carboxylic acids is 1. The lowest BCUT2D eigenvalue weighted by atomic mass is 9.92. The highest BCUT2D eigenvalue weighted by molar-refractivity contribution is 6.44. The van der Waals surface area contributed by atoms with Crippen LogP contribution in [0.15, 0.2) is 59.2 Å². The van der Waals surface area contributed by atoms with Gasteiger partial charge in [0.2, 0.25) is 0 Å². The zero-order valence-electron chi connectivity index (χ0n) is 15.9. The van der Waals surface area contributed by atoms with Crippen LogP contribution >= 0.6 is 23.2 Å². The monoisotopic (exact) mass is 419 g/mol. The molecular weight excluding hydrogens is 397 g/mol. The van der Waals surface area contributed by atoms with E-state index in [-0.39, 0.29) is 16.3 Å². The van der Waals surface area contributed by atoms with Crippen LogP contribution in [0.4, 0.5) is 21.9 Å². The Bertz CT molecular complexity index is 932. The minimum absolute atomic E-state index is 0.249. The number of nitrogens with two attached hydrogens (primary N) is 2. The molecule has 8 heteroatoms. The fourth-order valence-electron chi connectivity index (χ4n) is 2.06. The molecule has 0 unspecified atom stereocenters. The van der Waals surface area contributed by atoms with E-state index in [1.165, 1.54) is 0 Å². The molecule has 0 spiro atoms. The number of nitrogens with zero attached hydrogens (tertiary/aromatic N) is 1. The van der Waals surface area contributed by atoms with E-state index < -0.39 is 6.03 Å². The molecule has 0 saturated heterocycles. The van der Waals surface area contributed by atoms with Gasteiger partial charge in [-0.15, -0.1) is 0 Å². The SMILES string of the molecule is CC(C)(C)C(N)=CC(=Nc1cccc(N)c1)NC(=O)Nc1cccc(Cl)c1Cl. The number of nitrogens with one attached hydrogen (secondary N) is 2. The van der Waals surface area contributed by atoms with Gasteiger partial charge >= 0.3 is 6.03 Å². The maximum atomic E-state index is 12.5. The van der Waals surface area contributed by atoms with Gasteiger partial charge in [-0.1, -0.05) is 56.1 Å². The van der Waals surface area contributed by atoms with E-state index >= 15 is 0 Å². The summed E-state index contributed by atoms with van der Waals surface area (Å²) in [6, 6.07) is 11.4. The standard InChI is InChI=1S/C20H23Cl2N5O/c1-20(2,3)16(24)11-17(25-13-7-4-6-12(23)10-13)27-19(28)26-15-9-5-8-14(21)18(15)22/h4-11H,23-24H2,1-3H3,(H2,25,26,27,28). The van der Waals surface area contributed by atoms with Crippen LogP contribution in [0.1, 0.15) is 20.8 Å². The van der Waals surface area contributed by atoms with Crippen molar-refractivity contribution >= 4 is 52.1 Å². The third kappa shape index (κ3) is 6.18. The molecule has 148 valence electrons. The number of rotatable bonds is 3. The summed E-state index contributed by atoms with van der Waals surface area (Å²) in [5.41, 5.74) is 13.7. The molecule has 0 saturated carbocycles. The molecule has 0 aliphatic carbocycles. The van der Waals surface area contributed by atoms with Crippen LogP contribution in [-0.2, 0) is 0 Å². The first kappa shape index (κ1) is 21.6. The number of carbonyl (C=O) groups is 1. The van der Waals surface area contributed by atoms with E-state index in [0.717, 1.165) is 0 Å². The maximum absolute atomic E-state index is 12.5. The minimum Gasteiger partial charge on any atom is -0.401 e. The lowest BCUT2D eigenvalue weighted by molar-refractivity contribution is 0.256. The molecule has 2 amide bonds. The molecular formula is C20H23Cl2N5O. The van der Waals surface area contributed by atoms with Gasteiger partial charge in [-0.25, -0.2) is 9.79 Å². The zero-order chi connectivity index (χ0) is 20.9. The average molecular weight is 420 g/mol.